The number of hydrogen-bond acceptors (Lipinski definition) is 4. The van der Waals surface area contributed by atoms with Crippen molar-refractivity contribution < 1.29 is 14.3 Å². The molecule has 2 aromatic heterocycles. The number of ether oxygens (including phenoxy) is 2. The summed E-state index contributed by atoms with van der Waals surface area (Å²) in [5, 5.41) is 0.862. The summed E-state index contributed by atoms with van der Waals surface area (Å²) >= 11 is 12.3. The van der Waals surface area contributed by atoms with Gasteiger partial charge in [0.2, 0.25) is 0 Å². The lowest BCUT2D eigenvalue weighted by Gasteiger charge is -2.43. The lowest BCUT2D eigenvalue weighted by molar-refractivity contribution is -0.0200. The van der Waals surface area contributed by atoms with Crippen LogP contribution in [-0.4, -0.2) is 38.1 Å². The second-order valence-electron chi connectivity index (χ2n) is 8.72. The molecular formula is C23H25Cl2N3O3. The summed E-state index contributed by atoms with van der Waals surface area (Å²) in [6.45, 7) is 6.01. The number of amides is 1. The molecule has 0 saturated heterocycles. The minimum absolute atomic E-state index is 0.00646. The number of halogens is 2. The van der Waals surface area contributed by atoms with Crippen LogP contribution in [0.5, 0.6) is 5.75 Å². The summed E-state index contributed by atoms with van der Waals surface area (Å²) in [6, 6.07) is 9.25. The molecule has 0 N–H and O–H groups in total. The van der Waals surface area contributed by atoms with Gasteiger partial charge in [0.25, 0.3) is 0 Å². The Morgan fingerprint density at radius 3 is 2.71 bits per heavy atom. The molecule has 8 heteroatoms. The van der Waals surface area contributed by atoms with Gasteiger partial charge in [0, 0.05) is 43.0 Å². The van der Waals surface area contributed by atoms with E-state index in [1.807, 2.05) is 49.7 Å². The van der Waals surface area contributed by atoms with Gasteiger partial charge < -0.3 is 18.8 Å². The highest BCUT2D eigenvalue weighted by Crippen LogP contribution is 2.37. The number of carbonyl (C=O) groups excluding carboxylic acids is 1. The van der Waals surface area contributed by atoms with E-state index in [9.17, 15) is 4.79 Å². The van der Waals surface area contributed by atoms with Crippen molar-refractivity contribution in [2.75, 3.05) is 0 Å². The number of benzene rings is 1. The first-order valence-corrected chi connectivity index (χ1v) is 11.0. The van der Waals surface area contributed by atoms with Crippen LogP contribution < -0.4 is 4.74 Å². The average molecular weight is 462 g/mol. The molecule has 3 aromatic rings. The van der Waals surface area contributed by atoms with E-state index in [0.29, 0.717) is 35.2 Å². The van der Waals surface area contributed by atoms with Gasteiger partial charge in [-0.2, -0.15) is 0 Å². The molecule has 1 fully saturated rings. The Bertz CT molecular complexity index is 1090. The smallest absolute Gasteiger partial charge is 0.410 e. The van der Waals surface area contributed by atoms with Crippen molar-refractivity contribution in [2.24, 2.45) is 0 Å². The minimum atomic E-state index is -0.581. The Balaban J connectivity index is 1.50. The Hall–Kier alpha value is -2.44. The van der Waals surface area contributed by atoms with Crippen LogP contribution in [0.2, 0.25) is 10.0 Å². The van der Waals surface area contributed by atoms with Gasteiger partial charge in [-0.15, -0.1) is 0 Å². The predicted molar refractivity (Wildman–Crippen MR) is 121 cm³/mol. The number of aromatic nitrogens is 2. The highest BCUT2D eigenvalue weighted by atomic mass is 35.5. The molecule has 0 unspecified atom stereocenters. The van der Waals surface area contributed by atoms with Crippen LogP contribution >= 0.6 is 23.2 Å². The van der Waals surface area contributed by atoms with Gasteiger partial charge in [-0.05, 0) is 39.0 Å². The maximum atomic E-state index is 13.0. The molecule has 1 saturated carbocycles. The summed E-state index contributed by atoms with van der Waals surface area (Å²) < 4.78 is 13.7. The van der Waals surface area contributed by atoms with Crippen molar-refractivity contribution in [2.45, 2.75) is 57.9 Å². The molecule has 0 aliphatic heterocycles. The van der Waals surface area contributed by atoms with Crippen LogP contribution in [0.4, 0.5) is 4.79 Å². The topological polar surface area (TPSA) is 56.1 Å². The van der Waals surface area contributed by atoms with E-state index in [1.165, 1.54) is 0 Å². The molecule has 1 aliphatic rings. The first kappa shape index (κ1) is 21.8. The lowest BCUT2D eigenvalue weighted by Crippen LogP contribution is -2.52. The van der Waals surface area contributed by atoms with E-state index < -0.39 is 5.60 Å². The van der Waals surface area contributed by atoms with E-state index in [4.69, 9.17) is 32.7 Å². The second kappa shape index (κ2) is 8.60. The Kier molecular flexibility index (Phi) is 6.04. The van der Waals surface area contributed by atoms with Crippen LogP contribution in [0.3, 0.4) is 0 Å². The van der Waals surface area contributed by atoms with Gasteiger partial charge in [0.1, 0.15) is 28.1 Å². The molecule has 2 heterocycles. The summed E-state index contributed by atoms with van der Waals surface area (Å²) in [6.07, 6.45) is 6.54. The number of pyridine rings is 1. The summed E-state index contributed by atoms with van der Waals surface area (Å²) in [5.74, 6) is 0.559. The van der Waals surface area contributed by atoms with E-state index in [-0.39, 0.29) is 18.2 Å². The van der Waals surface area contributed by atoms with Crippen molar-refractivity contribution >= 4 is 34.9 Å². The van der Waals surface area contributed by atoms with Gasteiger partial charge in [-0.1, -0.05) is 35.3 Å². The van der Waals surface area contributed by atoms with Crippen LogP contribution in [0.1, 0.15) is 39.2 Å². The van der Waals surface area contributed by atoms with Gasteiger partial charge in [-0.3, -0.25) is 0 Å². The molecule has 0 atom stereocenters. The van der Waals surface area contributed by atoms with E-state index >= 15 is 0 Å². The van der Waals surface area contributed by atoms with Crippen LogP contribution in [-0.2, 0) is 11.3 Å². The molecule has 1 aliphatic carbocycles. The van der Waals surface area contributed by atoms with Crippen molar-refractivity contribution in [1.29, 1.82) is 0 Å². The number of carbonyl (C=O) groups is 1. The Morgan fingerprint density at radius 1 is 1.19 bits per heavy atom. The van der Waals surface area contributed by atoms with Gasteiger partial charge in [0.05, 0.1) is 11.6 Å². The molecule has 164 valence electrons. The first-order chi connectivity index (χ1) is 14.7. The lowest BCUT2D eigenvalue weighted by atomic mass is 9.87. The standard InChI is InChI=1S/C23H25Cl2N3O3/c1-23(2,3)31-22(29)28(14-15-6-5-10-27-11-9-26-21(15)27)16-12-17(13-16)30-19-8-4-7-18(24)20(19)25/h4-11,16-17H,12-14H2,1-3H3. The minimum Gasteiger partial charge on any atom is -0.489 e. The zero-order chi connectivity index (χ0) is 22.2. The van der Waals surface area contributed by atoms with Crippen LogP contribution in [0.25, 0.3) is 5.65 Å². The van der Waals surface area contributed by atoms with Gasteiger partial charge in [-0.25, -0.2) is 9.78 Å². The fraction of sp³-hybridized carbons (Fsp3) is 0.391. The number of fused-ring (bicyclic) bond motifs is 1. The third-order valence-corrected chi connectivity index (χ3v) is 5.99. The summed E-state index contributed by atoms with van der Waals surface area (Å²) in [4.78, 5) is 19.2. The highest BCUT2D eigenvalue weighted by Gasteiger charge is 2.39. The summed E-state index contributed by atoms with van der Waals surface area (Å²) in [7, 11) is 0. The monoisotopic (exact) mass is 461 g/mol. The number of imidazole rings is 1. The third-order valence-electron chi connectivity index (χ3n) is 5.19. The average Bonchev–Trinajstić information content (AvgIpc) is 3.14. The van der Waals surface area contributed by atoms with E-state index in [0.717, 1.165) is 11.2 Å². The van der Waals surface area contributed by atoms with Crippen molar-refractivity contribution in [1.82, 2.24) is 14.3 Å². The maximum Gasteiger partial charge on any atom is 0.410 e. The van der Waals surface area contributed by atoms with Crippen molar-refractivity contribution in [3.63, 3.8) is 0 Å². The molecule has 31 heavy (non-hydrogen) atoms. The first-order valence-electron chi connectivity index (χ1n) is 10.2. The van der Waals surface area contributed by atoms with E-state index in [1.54, 1.807) is 29.3 Å². The molecule has 6 nitrogen and oxygen atoms in total. The molecule has 1 aromatic carbocycles. The number of rotatable bonds is 5. The Labute approximate surface area is 191 Å². The molecular weight excluding hydrogens is 437 g/mol. The number of nitrogens with zero attached hydrogens (tertiary/aromatic N) is 3. The quantitative estimate of drug-likeness (QED) is 0.468. The molecule has 4 rings (SSSR count). The van der Waals surface area contributed by atoms with Crippen LogP contribution in [0.15, 0.2) is 48.9 Å². The Morgan fingerprint density at radius 2 is 1.97 bits per heavy atom. The second-order valence-corrected chi connectivity index (χ2v) is 9.50. The number of hydrogen-bond donors (Lipinski definition) is 0. The largest absolute Gasteiger partial charge is 0.489 e. The zero-order valence-electron chi connectivity index (χ0n) is 17.7. The zero-order valence-corrected chi connectivity index (χ0v) is 19.2. The highest BCUT2D eigenvalue weighted by molar-refractivity contribution is 6.42. The van der Waals surface area contributed by atoms with Crippen LogP contribution in [0, 0.1) is 0 Å². The fourth-order valence-corrected chi connectivity index (χ4v) is 3.96. The molecule has 0 bridgehead atoms. The summed E-state index contributed by atoms with van der Waals surface area (Å²) in [5.41, 5.74) is 1.21. The van der Waals surface area contributed by atoms with Gasteiger partial charge in [0.15, 0.2) is 0 Å². The fourth-order valence-electron chi connectivity index (χ4n) is 3.62. The third kappa shape index (κ3) is 4.91. The predicted octanol–water partition coefficient (Wildman–Crippen LogP) is 5.99. The van der Waals surface area contributed by atoms with Gasteiger partial charge >= 0.3 is 6.09 Å². The van der Waals surface area contributed by atoms with Crippen molar-refractivity contribution in [3.05, 3.63) is 64.5 Å². The molecule has 0 spiro atoms. The molecule has 0 radical (unpaired) electrons. The normalized spacial score (nSPS) is 18.5. The van der Waals surface area contributed by atoms with E-state index in [2.05, 4.69) is 4.98 Å². The molecule has 1 amide bonds. The SMILES string of the molecule is CC(C)(C)OC(=O)N(Cc1cccn2ccnc12)C1CC(Oc2cccc(Cl)c2Cl)C1. The maximum absolute atomic E-state index is 13.0. The van der Waals surface area contributed by atoms with Crippen molar-refractivity contribution in [3.8, 4) is 5.75 Å².